The summed E-state index contributed by atoms with van der Waals surface area (Å²) < 4.78 is 5.23. The monoisotopic (exact) mass is 293 g/mol. The smallest absolute Gasteiger partial charge is 0.320 e. The lowest BCUT2D eigenvalue weighted by Crippen LogP contribution is -2.32. The molecule has 0 saturated carbocycles. The largest absolute Gasteiger partial charge is 0.459 e. The first-order valence-corrected chi connectivity index (χ1v) is 6.76. The number of carbonyl (C=O) groups excluding carboxylic acids is 1. The van der Waals surface area contributed by atoms with E-state index in [1.54, 1.807) is 12.1 Å². The summed E-state index contributed by atoms with van der Waals surface area (Å²) in [6.07, 6.45) is 0. The second kappa shape index (κ2) is 7.08. The summed E-state index contributed by atoms with van der Waals surface area (Å²) in [6.45, 7) is 7.59. The molecule has 21 heavy (non-hydrogen) atoms. The maximum atomic E-state index is 11.6. The van der Waals surface area contributed by atoms with Crippen LogP contribution in [0.1, 0.15) is 44.9 Å². The van der Waals surface area contributed by atoms with Crippen molar-refractivity contribution in [1.29, 1.82) is 0 Å². The highest BCUT2D eigenvalue weighted by molar-refractivity contribution is 5.96. The average Bonchev–Trinajstić information content (AvgIpc) is 2.42. The lowest BCUT2D eigenvalue weighted by Gasteiger charge is -2.21. The highest BCUT2D eigenvalue weighted by Crippen LogP contribution is 2.13. The number of amidine groups is 1. The zero-order valence-corrected chi connectivity index (χ0v) is 12.9. The fourth-order valence-corrected chi connectivity index (χ4v) is 1.73. The molecule has 0 heterocycles. The summed E-state index contributed by atoms with van der Waals surface area (Å²) in [5.41, 5.74) is 6.65. The third-order valence-electron chi connectivity index (χ3n) is 2.79. The van der Waals surface area contributed by atoms with E-state index in [1.807, 2.05) is 39.8 Å². The summed E-state index contributed by atoms with van der Waals surface area (Å²) in [4.78, 5) is 11.6. The predicted octanol–water partition coefficient (Wildman–Crippen LogP) is 1.77. The van der Waals surface area contributed by atoms with Crippen LogP contribution in [0.15, 0.2) is 29.4 Å². The maximum absolute atomic E-state index is 11.6. The highest BCUT2D eigenvalue weighted by atomic mass is 16.6. The minimum atomic E-state index is -0.481. The molecule has 0 aliphatic carbocycles. The van der Waals surface area contributed by atoms with Gasteiger partial charge < -0.3 is 21.0 Å². The Morgan fingerprint density at radius 1 is 1.38 bits per heavy atom. The molecule has 0 saturated heterocycles. The normalized spacial score (nSPS) is 13.8. The number of nitrogens with zero attached hydrogens (tertiary/aromatic N) is 1. The molecule has 6 nitrogen and oxygen atoms in total. The van der Waals surface area contributed by atoms with Gasteiger partial charge in [0, 0.05) is 11.6 Å². The summed E-state index contributed by atoms with van der Waals surface area (Å²) >= 11 is 0. The van der Waals surface area contributed by atoms with E-state index in [2.05, 4.69) is 10.5 Å². The van der Waals surface area contributed by atoms with E-state index in [-0.39, 0.29) is 24.4 Å². The van der Waals surface area contributed by atoms with E-state index in [0.29, 0.717) is 5.56 Å². The third-order valence-corrected chi connectivity index (χ3v) is 2.79. The first-order chi connectivity index (χ1) is 9.73. The number of benzene rings is 1. The van der Waals surface area contributed by atoms with E-state index >= 15 is 0 Å². The van der Waals surface area contributed by atoms with Gasteiger partial charge in [0.25, 0.3) is 0 Å². The molecule has 1 aromatic rings. The van der Waals surface area contributed by atoms with Gasteiger partial charge in [-0.2, -0.15) is 0 Å². The first-order valence-electron chi connectivity index (χ1n) is 6.76. The number of ether oxygens (including phenoxy) is 1. The van der Waals surface area contributed by atoms with Gasteiger partial charge in [-0.15, -0.1) is 0 Å². The number of nitrogens with one attached hydrogen (secondary N) is 1. The van der Waals surface area contributed by atoms with Crippen molar-refractivity contribution in [1.82, 2.24) is 5.32 Å². The average molecular weight is 293 g/mol. The molecule has 4 N–H and O–H groups in total. The molecule has 1 unspecified atom stereocenters. The van der Waals surface area contributed by atoms with E-state index in [4.69, 9.17) is 15.7 Å². The van der Waals surface area contributed by atoms with Crippen LogP contribution in [-0.2, 0) is 9.53 Å². The Kier molecular flexibility index (Phi) is 5.72. The fraction of sp³-hybridized carbons (Fsp3) is 0.467. The van der Waals surface area contributed by atoms with Crippen molar-refractivity contribution >= 4 is 11.8 Å². The van der Waals surface area contributed by atoms with Crippen molar-refractivity contribution < 1.29 is 14.7 Å². The maximum Gasteiger partial charge on any atom is 0.320 e. The van der Waals surface area contributed by atoms with Crippen molar-refractivity contribution in [2.75, 3.05) is 6.54 Å². The SMILES string of the molecule is CC(NCC(=O)OC(C)(C)C)c1ccc(/C(N)=N\O)cc1. The highest BCUT2D eigenvalue weighted by Gasteiger charge is 2.16. The van der Waals surface area contributed by atoms with Gasteiger partial charge in [0.15, 0.2) is 5.84 Å². The van der Waals surface area contributed by atoms with Gasteiger partial charge in [0.2, 0.25) is 0 Å². The molecule has 1 atom stereocenters. The van der Waals surface area contributed by atoms with E-state index in [1.165, 1.54) is 0 Å². The van der Waals surface area contributed by atoms with Gasteiger partial charge in [-0.05, 0) is 33.3 Å². The summed E-state index contributed by atoms with van der Waals surface area (Å²) in [7, 11) is 0. The van der Waals surface area contributed by atoms with E-state index in [0.717, 1.165) is 5.56 Å². The molecule has 0 amide bonds. The number of hydrogen-bond acceptors (Lipinski definition) is 5. The summed E-state index contributed by atoms with van der Waals surface area (Å²) in [6, 6.07) is 7.23. The molecule has 116 valence electrons. The van der Waals surface area contributed by atoms with Gasteiger partial charge in [-0.1, -0.05) is 29.4 Å². The minimum absolute atomic E-state index is 0.0149. The molecular weight excluding hydrogens is 270 g/mol. The Bertz CT molecular complexity index is 504. The lowest BCUT2D eigenvalue weighted by molar-refractivity contribution is -0.153. The molecule has 0 bridgehead atoms. The second-order valence-electron chi connectivity index (χ2n) is 5.80. The zero-order valence-electron chi connectivity index (χ0n) is 12.9. The van der Waals surface area contributed by atoms with E-state index in [9.17, 15) is 4.79 Å². The Labute approximate surface area is 125 Å². The molecule has 0 aromatic heterocycles. The molecule has 6 heteroatoms. The van der Waals surface area contributed by atoms with Crippen LogP contribution >= 0.6 is 0 Å². The number of nitrogens with two attached hydrogens (primary N) is 1. The van der Waals surface area contributed by atoms with Crippen molar-refractivity contribution in [3.05, 3.63) is 35.4 Å². The Morgan fingerprint density at radius 3 is 2.43 bits per heavy atom. The van der Waals surface area contributed by atoms with Crippen molar-refractivity contribution in [2.24, 2.45) is 10.9 Å². The molecule has 0 aliphatic heterocycles. The Hall–Kier alpha value is -2.08. The topological polar surface area (TPSA) is 96.9 Å². The molecular formula is C15H23N3O3. The van der Waals surface area contributed by atoms with Crippen molar-refractivity contribution in [3.63, 3.8) is 0 Å². The lowest BCUT2D eigenvalue weighted by atomic mass is 10.1. The number of oxime groups is 1. The predicted molar refractivity (Wildman–Crippen MR) is 81.2 cm³/mol. The van der Waals surface area contributed by atoms with Crippen LogP contribution in [0, 0.1) is 0 Å². The quantitative estimate of drug-likeness (QED) is 0.253. The first kappa shape index (κ1) is 17.0. The van der Waals surface area contributed by atoms with Gasteiger partial charge in [0.1, 0.15) is 5.60 Å². The van der Waals surface area contributed by atoms with Crippen molar-refractivity contribution in [3.8, 4) is 0 Å². The minimum Gasteiger partial charge on any atom is -0.459 e. The summed E-state index contributed by atoms with van der Waals surface area (Å²) in [5, 5.41) is 14.6. The standard InChI is InChI=1S/C15H23N3O3/c1-10(17-9-13(19)21-15(2,3)4)11-5-7-12(8-6-11)14(16)18-20/h5-8,10,17,20H,9H2,1-4H3,(H2,16,18). The Morgan fingerprint density at radius 2 is 1.95 bits per heavy atom. The van der Waals surface area contributed by atoms with Crippen LogP contribution in [0.25, 0.3) is 0 Å². The molecule has 0 aliphatic rings. The number of carbonyl (C=O) groups is 1. The summed E-state index contributed by atoms with van der Waals surface area (Å²) in [5.74, 6) is -0.224. The molecule has 0 radical (unpaired) electrons. The van der Waals surface area contributed by atoms with Crippen LogP contribution in [0.5, 0.6) is 0 Å². The van der Waals surface area contributed by atoms with Gasteiger partial charge >= 0.3 is 5.97 Å². The fourth-order valence-electron chi connectivity index (χ4n) is 1.73. The van der Waals surface area contributed by atoms with Crippen LogP contribution in [0.4, 0.5) is 0 Å². The molecule has 1 rings (SSSR count). The van der Waals surface area contributed by atoms with Crippen LogP contribution < -0.4 is 11.1 Å². The Balaban J connectivity index is 2.56. The van der Waals surface area contributed by atoms with Crippen LogP contribution in [0.2, 0.25) is 0 Å². The molecule has 1 aromatic carbocycles. The third kappa shape index (κ3) is 5.83. The van der Waals surface area contributed by atoms with Crippen LogP contribution in [-0.4, -0.2) is 29.2 Å². The second-order valence-corrected chi connectivity index (χ2v) is 5.80. The zero-order chi connectivity index (χ0) is 16.0. The van der Waals surface area contributed by atoms with Gasteiger partial charge in [0.05, 0.1) is 6.54 Å². The van der Waals surface area contributed by atoms with Crippen molar-refractivity contribution in [2.45, 2.75) is 39.3 Å². The van der Waals surface area contributed by atoms with Gasteiger partial charge in [-0.25, -0.2) is 0 Å². The number of hydrogen-bond donors (Lipinski definition) is 3. The number of rotatable bonds is 5. The molecule has 0 spiro atoms. The van der Waals surface area contributed by atoms with Crippen LogP contribution in [0.3, 0.4) is 0 Å². The van der Waals surface area contributed by atoms with Gasteiger partial charge in [-0.3, -0.25) is 4.79 Å². The number of esters is 1. The van der Waals surface area contributed by atoms with E-state index < -0.39 is 5.60 Å². The molecule has 0 fully saturated rings.